The Labute approximate surface area is 117 Å². The van der Waals surface area contributed by atoms with E-state index in [-0.39, 0.29) is 0 Å². The van der Waals surface area contributed by atoms with Crippen LogP contribution in [0, 0.1) is 5.92 Å². The van der Waals surface area contributed by atoms with Crippen molar-refractivity contribution < 1.29 is 0 Å². The third-order valence-electron chi connectivity index (χ3n) is 3.22. The Morgan fingerprint density at radius 1 is 1.16 bits per heavy atom. The molecule has 0 aliphatic rings. The molecule has 1 rings (SSSR count). The largest absolute Gasteiger partial charge is 0.369 e. The normalized spacial score (nSPS) is 11.1. The van der Waals surface area contributed by atoms with Gasteiger partial charge in [-0.05, 0) is 25.7 Å². The first-order chi connectivity index (χ1) is 9.12. The molecule has 0 aromatic carbocycles. The lowest BCUT2D eigenvalue weighted by Gasteiger charge is -2.33. The van der Waals surface area contributed by atoms with Crippen molar-refractivity contribution in [1.29, 1.82) is 0 Å². The summed E-state index contributed by atoms with van der Waals surface area (Å²) in [6, 6.07) is 0.536. The molecule has 0 saturated heterocycles. The van der Waals surface area contributed by atoms with Crippen LogP contribution in [0.1, 0.15) is 47.5 Å². The average Bonchev–Trinajstić information content (AvgIpc) is 2.39. The molecular formula is C15H28N4. The van der Waals surface area contributed by atoms with E-state index in [2.05, 4.69) is 54.8 Å². The van der Waals surface area contributed by atoms with Crippen molar-refractivity contribution in [3.8, 4) is 0 Å². The van der Waals surface area contributed by atoms with Gasteiger partial charge in [0.1, 0.15) is 11.6 Å². The fourth-order valence-electron chi connectivity index (χ4n) is 2.31. The van der Waals surface area contributed by atoms with Crippen molar-refractivity contribution in [2.45, 2.75) is 53.5 Å². The third kappa shape index (κ3) is 4.69. The van der Waals surface area contributed by atoms with Crippen molar-refractivity contribution in [2.24, 2.45) is 5.92 Å². The van der Waals surface area contributed by atoms with E-state index in [1.165, 1.54) is 0 Å². The number of hydrogen-bond acceptors (Lipinski definition) is 4. The molecule has 1 aromatic heterocycles. The Morgan fingerprint density at radius 2 is 1.84 bits per heavy atom. The SMILES string of the molecule is CCNc1cncc(N(CC(C)C)C(CC)CC)n1. The molecule has 0 amide bonds. The van der Waals surface area contributed by atoms with Gasteiger partial charge in [-0.2, -0.15) is 0 Å². The molecule has 0 atom stereocenters. The van der Waals surface area contributed by atoms with Gasteiger partial charge in [0.05, 0.1) is 12.4 Å². The first-order valence-corrected chi connectivity index (χ1v) is 7.44. The highest BCUT2D eigenvalue weighted by atomic mass is 15.2. The van der Waals surface area contributed by atoms with Gasteiger partial charge in [-0.1, -0.05) is 27.7 Å². The maximum absolute atomic E-state index is 4.68. The third-order valence-corrected chi connectivity index (χ3v) is 3.22. The summed E-state index contributed by atoms with van der Waals surface area (Å²) < 4.78 is 0. The molecule has 0 fully saturated rings. The Morgan fingerprint density at radius 3 is 2.37 bits per heavy atom. The minimum absolute atomic E-state index is 0.536. The fourth-order valence-corrected chi connectivity index (χ4v) is 2.31. The molecule has 0 aliphatic heterocycles. The van der Waals surface area contributed by atoms with E-state index < -0.39 is 0 Å². The summed E-state index contributed by atoms with van der Waals surface area (Å²) in [5.74, 6) is 2.46. The number of nitrogens with one attached hydrogen (secondary N) is 1. The topological polar surface area (TPSA) is 41.1 Å². The summed E-state index contributed by atoms with van der Waals surface area (Å²) in [5, 5.41) is 3.23. The fraction of sp³-hybridized carbons (Fsp3) is 0.733. The van der Waals surface area contributed by atoms with Gasteiger partial charge in [0.15, 0.2) is 0 Å². The van der Waals surface area contributed by atoms with Crippen LogP contribution in [0.3, 0.4) is 0 Å². The van der Waals surface area contributed by atoms with E-state index in [9.17, 15) is 0 Å². The molecule has 108 valence electrons. The second-order valence-corrected chi connectivity index (χ2v) is 5.31. The molecule has 1 heterocycles. The predicted octanol–water partition coefficient (Wildman–Crippen LogP) is 3.56. The highest BCUT2D eigenvalue weighted by Gasteiger charge is 2.18. The first kappa shape index (κ1) is 15.7. The summed E-state index contributed by atoms with van der Waals surface area (Å²) in [7, 11) is 0. The predicted molar refractivity (Wildman–Crippen MR) is 82.7 cm³/mol. The van der Waals surface area contributed by atoms with E-state index >= 15 is 0 Å². The highest BCUT2D eigenvalue weighted by molar-refractivity contribution is 5.44. The van der Waals surface area contributed by atoms with Gasteiger partial charge in [0.2, 0.25) is 0 Å². The Bertz CT molecular complexity index is 361. The molecule has 1 N–H and O–H groups in total. The second-order valence-electron chi connectivity index (χ2n) is 5.31. The minimum Gasteiger partial charge on any atom is -0.369 e. The van der Waals surface area contributed by atoms with E-state index in [1.807, 2.05) is 6.20 Å². The first-order valence-electron chi connectivity index (χ1n) is 7.44. The number of aromatic nitrogens is 2. The maximum atomic E-state index is 4.68. The van der Waals surface area contributed by atoms with Crippen LogP contribution in [-0.2, 0) is 0 Å². The molecule has 0 bridgehead atoms. The molecule has 0 unspecified atom stereocenters. The molecule has 0 saturated carbocycles. The standard InChI is InChI=1S/C15H28N4/c1-6-13(7-2)19(11-12(4)5)15-10-16-9-14(18-15)17-8-3/h9-10,12-13H,6-8,11H2,1-5H3,(H,17,18). The van der Waals surface area contributed by atoms with Gasteiger partial charge in [-0.15, -0.1) is 0 Å². The number of hydrogen-bond donors (Lipinski definition) is 1. The highest BCUT2D eigenvalue weighted by Crippen LogP contribution is 2.20. The number of rotatable bonds is 8. The summed E-state index contributed by atoms with van der Waals surface area (Å²) >= 11 is 0. The van der Waals surface area contributed by atoms with Gasteiger partial charge in [0.25, 0.3) is 0 Å². The number of anilines is 2. The van der Waals surface area contributed by atoms with E-state index in [0.717, 1.165) is 37.6 Å². The van der Waals surface area contributed by atoms with Crippen molar-refractivity contribution in [3.05, 3.63) is 12.4 Å². The van der Waals surface area contributed by atoms with Crippen molar-refractivity contribution >= 4 is 11.6 Å². The molecular weight excluding hydrogens is 236 g/mol. The lowest BCUT2D eigenvalue weighted by molar-refractivity contribution is 0.503. The quantitative estimate of drug-likeness (QED) is 0.779. The molecule has 4 heteroatoms. The van der Waals surface area contributed by atoms with E-state index in [0.29, 0.717) is 12.0 Å². The minimum atomic E-state index is 0.536. The number of nitrogens with zero attached hydrogens (tertiary/aromatic N) is 3. The van der Waals surface area contributed by atoms with Gasteiger partial charge in [0, 0.05) is 19.1 Å². The van der Waals surface area contributed by atoms with Crippen molar-refractivity contribution in [2.75, 3.05) is 23.3 Å². The van der Waals surface area contributed by atoms with Crippen LogP contribution >= 0.6 is 0 Å². The average molecular weight is 264 g/mol. The van der Waals surface area contributed by atoms with Crippen molar-refractivity contribution in [3.63, 3.8) is 0 Å². The lowest BCUT2D eigenvalue weighted by atomic mass is 10.1. The zero-order valence-corrected chi connectivity index (χ0v) is 13.0. The van der Waals surface area contributed by atoms with Gasteiger partial charge >= 0.3 is 0 Å². The van der Waals surface area contributed by atoms with Crippen LogP contribution in [0.2, 0.25) is 0 Å². The summed E-state index contributed by atoms with van der Waals surface area (Å²) in [5.41, 5.74) is 0. The van der Waals surface area contributed by atoms with Crippen LogP contribution in [0.4, 0.5) is 11.6 Å². The second kappa shape index (κ2) is 7.97. The van der Waals surface area contributed by atoms with Crippen LogP contribution in [-0.4, -0.2) is 29.1 Å². The zero-order chi connectivity index (χ0) is 14.3. The smallest absolute Gasteiger partial charge is 0.149 e. The van der Waals surface area contributed by atoms with E-state index in [4.69, 9.17) is 0 Å². The summed E-state index contributed by atoms with van der Waals surface area (Å²) in [6.07, 6.45) is 5.93. The Balaban J connectivity index is 2.98. The van der Waals surface area contributed by atoms with Crippen LogP contribution in [0.5, 0.6) is 0 Å². The van der Waals surface area contributed by atoms with Crippen LogP contribution < -0.4 is 10.2 Å². The molecule has 0 spiro atoms. The Hall–Kier alpha value is -1.32. The van der Waals surface area contributed by atoms with Crippen LogP contribution in [0.15, 0.2) is 12.4 Å². The molecule has 19 heavy (non-hydrogen) atoms. The van der Waals surface area contributed by atoms with Gasteiger partial charge < -0.3 is 10.2 Å². The lowest BCUT2D eigenvalue weighted by Crippen LogP contribution is -2.38. The molecule has 0 radical (unpaired) electrons. The monoisotopic (exact) mass is 264 g/mol. The molecule has 1 aromatic rings. The zero-order valence-electron chi connectivity index (χ0n) is 13.0. The Kier molecular flexibility index (Phi) is 6.60. The maximum Gasteiger partial charge on any atom is 0.149 e. The summed E-state index contributed by atoms with van der Waals surface area (Å²) in [4.78, 5) is 11.4. The van der Waals surface area contributed by atoms with Crippen molar-refractivity contribution in [1.82, 2.24) is 9.97 Å². The van der Waals surface area contributed by atoms with Crippen LogP contribution in [0.25, 0.3) is 0 Å². The van der Waals surface area contributed by atoms with E-state index in [1.54, 1.807) is 6.20 Å². The van der Waals surface area contributed by atoms with Gasteiger partial charge in [-0.3, -0.25) is 4.98 Å². The molecule has 4 nitrogen and oxygen atoms in total. The van der Waals surface area contributed by atoms with Gasteiger partial charge in [-0.25, -0.2) is 4.98 Å². The molecule has 0 aliphatic carbocycles. The summed E-state index contributed by atoms with van der Waals surface area (Å²) in [6.45, 7) is 12.9.